The number of nitrogens with zero attached hydrogens (tertiary/aromatic N) is 5. The Kier molecular flexibility index (Phi) is 7.17. The van der Waals surface area contributed by atoms with Gasteiger partial charge in [0.25, 0.3) is 0 Å². The largest absolute Gasteiger partial charge is 0.370 e. The normalized spacial score (nSPS) is 14.7. The van der Waals surface area contributed by atoms with Gasteiger partial charge in [-0.1, -0.05) is 42.1 Å². The van der Waals surface area contributed by atoms with E-state index in [0.717, 1.165) is 80.3 Å². The van der Waals surface area contributed by atoms with E-state index >= 15 is 0 Å². The summed E-state index contributed by atoms with van der Waals surface area (Å²) >= 11 is 3.34. The molecule has 0 radical (unpaired) electrons. The van der Waals surface area contributed by atoms with Crippen molar-refractivity contribution in [1.82, 2.24) is 19.6 Å². The number of aromatic nitrogens is 3. The topological polar surface area (TPSA) is 87.4 Å². The van der Waals surface area contributed by atoms with Gasteiger partial charge in [-0.25, -0.2) is 8.93 Å². The lowest BCUT2D eigenvalue weighted by molar-refractivity contribution is -0.105. The van der Waals surface area contributed by atoms with Crippen LogP contribution in [-0.2, 0) is 4.79 Å². The van der Waals surface area contributed by atoms with E-state index in [-0.39, 0.29) is 0 Å². The van der Waals surface area contributed by atoms with Crippen molar-refractivity contribution >= 4 is 63.4 Å². The Balaban J connectivity index is 1.15. The molecule has 0 unspecified atom stereocenters. The van der Waals surface area contributed by atoms with E-state index in [1.54, 1.807) is 23.7 Å². The smallest absolute Gasteiger partial charge is 0.211 e. The summed E-state index contributed by atoms with van der Waals surface area (Å²) in [7, 11) is 2.10. The number of para-hydroxylation sites is 3. The number of amides is 1. The Hall–Kier alpha value is -3.60. The molecule has 192 valence electrons. The Morgan fingerprint density at radius 3 is 2.50 bits per heavy atom. The molecular formula is C28H26N6O2S2. The molecule has 10 heteroatoms. The number of carbonyl (C=O) groups excluding carboxylic acids is 1. The third-order valence-corrected chi connectivity index (χ3v) is 9.10. The van der Waals surface area contributed by atoms with Crippen LogP contribution in [0.5, 0.6) is 0 Å². The van der Waals surface area contributed by atoms with E-state index in [0.29, 0.717) is 6.04 Å². The van der Waals surface area contributed by atoms with E-state index < -0.39 is 0 Å². The second-order valence-corrected chi connectivity index (χ2v) is 11.3. The highest BCUT2D eigenvalue weighted by atomic mass is 32.2. The van der Waals surface area contributed by atoms with Crippen LogP contribution in [0, 0.1) is 0 Å². The lowest BCUT2D eigenvalue weighted by Crippen LogP contribution is -2.41. The van der Waals surface area contributed by atoms with Gasteiger partial charge in [0.1, 0.15) is 5.52 Å². The van der Waals surface area contributed by atoms with E-state index in [2.05, 4.69) is 73.3 Å². The third kappa shape index (κ3) is 4.94. The maximum Gasteiger partial charge on any atom is 0.211 e. The zero-order valence-corrected chi connectivity index (χ0v) is 22.4. The molecule has 1 aliphatic rings. The molecule has 5 aromatic rings. The van der Waals surface area contributed by atoms with Crippen LogP contribution in [0.4, 0.5) is 11.4 Å². The van der Waals surface area contributed by atoms with Crippen LogP contribution in [0.3, 0.4) is 0 Å². The van der Waals surface area contributed by atoms with Gasteiger partial charge in [-0.3, -0.25) is 9.78 Å². The fourth-order valence-electron chi connectivity index (χ4n) is 4.88. The minimum absolute atomic E-state index is 0.392. The van der Waals surface area contributed by atoms with Gasteiger partial charge >= 0.3 is 0 Å². The van der Waals surface area contributed by atoms with Gasteiger partial charge in [-0.15, -0.1) is 0 Å². The summed E-state index contributed by atoms with van der Waals surface area (Å²) in [6.07, 6.45) is 4.58. The van der Waals surface area contributed by atoms with Gasteiger partial charge < -0.3 is 10.2 Å². The van der Waals surface area contributed by atoms with Crippen LogP contribution in [-0.4, -0.2) is 52.2 Å². The Morgan fingerprint density at radius 1 is 0.921 bits per heavy atom. The molecule has 1 fully saturated rings. The zero-order chi connectivity index (χ0) is 25.9. The van der Waals surface area contributed by atoms with Gasteiger partial charge in [-0.2, -0.15) is 0 Å². The first-order valence-corrected chi connectivity index (χ1v) is 14.0. The van der Waals surface area contributed by atoms with Crippen LogP contribution in [0.15, 0.2) is 92.2 Å². The van der Waals surface area contributed by atoms with E-state index in [9.17, 15) is 4.79 Å². The summed E-state index contributed by atoms with van der Waals surface area (Å²) in [5.74, 6) is 0. The first kappa shape index (κ1) is 24.7. The number of nitrogens with one attached hydrogen (secondary N) is 1. The molecule has 1 N–H and O–H groups in total. The number of pyridine rings is 1. The molecule has 2 aromatic heterocycles. The Morgan fingerprint density at radius 2 is 1.66 bits per heavy atom. The van der Waals surface area contributed by atoms with Gasteiger partial charge in [-0.05, 0) is 71.5 Å². The molecule has 0 atom stereocenters. The molecule has 3 aromatic carbocycles. The summed E-state index contributed by atoms with van der Waals surface area (Å²) in [4.78, 5) is 21.0. The van der Waals surface area contributed by atoms with Crippen LogP contribution in [0.2, 0.25) is 0 Å². The Labute approximate surface area is 228 Å². The van der Waals surface area contributed by atoms with Crippen molar-refractivity contribution in [3.63, 3.8) is 0 Å². The van der Waals surface area contributed by atoms with Crippen LogP contribution in [0.1, 0.15) is 12.8 Å². The van der Waals surface area contributed by atoms with Crippen molar-refractivity contribution < 1.29 is 9.42 Å². The number of rotatable bonds is 8. The molecule has 3 heterocycles. The molecule has 1 aliphatic heterocycles. The number of anilines is 2. The average Bonchev–Trinajstić information content (AvgIpc) is 3.46. The molecule has 0 saturated carbocycles. The van der Waals surface area contributed by atoms with Gasteiger partial charge in [0.05, 0.1) is 21.8 Å². The number of hydrogen-bond donors (Lipinski definition) is 1. The maximum atomic E-state index is 11.0. The van der Waals surface area contributed by atoms with Crippen LogP contribution < -0.4 is 10.2 Å². The summed E-state index contributed by atoms with van der Waals surface area (Å²) in [5.41, 5.74) is 4.39. The van der Waals surface area contributed by atoms with Crippen molar-refractivity contribution in [3.05, 3.63) is 72.9 Å². The standard InChI is InChI=1S/C28H26N6O2S2/c1-33(22-9-3-2-8-21(22)30-18-35)20-13-16-34(17-14-20)38-25-12-11-24(27-28(25)32-36-31-27)37-23-10-4-6-19-7-5-15-29-26(19)23/h2-12,15,18,20H,13-14,16-17H2,1H3,(H,30,35). The molecule has 0 spiro atoms. The van der Waals surface area contributed by atoms with Gasteiger partial charge in [0.15, 0.2) is 5.52 Å². The van der Waals surface area contributed by atoms with E-state index in [1.807, 2.05) is 36.5 Å². The Bertz CT molecular complexity index is 1580. The van der Waals surface area contributed by atoms with Crippen molar-refractivity contribution in [2.24, 2.45) is 0 Å². The number of benzene rings is 3. The quantitative estimate of drug-likeness (QED) is 0.185. The monoisotopic (exact) mass is 542 g/mol. The predicted molar refractivity (Wildman–Crippen MR) is 153 cm³/mol. The van der Waals surface area contributed by atoms with Crippen molar-refractivity contribution in [2.75, 3.05) is 30.4 Å². The lowest BCUT2D eigenvalue weighted by atomic mass is 10.0. The summed E-state index contributed by atoms with van der Waals surface area (Å²) < 4.78 is 7.57. The highest BCUT2D eigenvalue weighted by Gasteiger charge is 2.25. The van der Waals surface area contributed by atoms with Crippen molar-refractivity contribution in [1.29, 1.82) is 0 Å². The summed E-state index contributed by atoms with van der Waals surface area (Å²) in [6.45, 7) is 1.88. The zero-order valence-electron chi connectivity index (χ0n) is 20.8. The lowest BCUT2D eigenvalue weighted by Gasteiger charge is -2.37. The fraction of sp³-hybridized carbons (Fsp3) is 0.214. The molecule has 8 nitrogen and oxygen atoms in total. The highest BCUT2D eigenvalue weighted by Crippen LogP contribution is 2.40. The number of fused-ring (bicyclic) bond motifs is 2. The predicted octanol–water partition coefficient (Wildman–Crippen LogP) is 6.10. The SMILES string of the molecule is CN(c1ccccc1NC=O)C1CCN(Sc2ccc(Sc3cccc4cccnc34)c3nonc23)CC1. The van der Waals surface area contributed by atoms with Crippen molar-refractivity contribution in [2.45, 2.75) is 33.6 Å². The first-order valence-electron chi connectivity index (χ1n) is 12.4. The second kappa shape index (κ2) is 11.0. The van der Waals surface area contributed by atoms with Crippen molar-refractivity contribution in [3.8, 4) is 0 Å². The molecule has 6 rings (SSSR count). The molecule has 0 bridgehead atoms. The number of carbonyl (C=O) groups is 1. The van der Waals surface area contributed by atoms with E-state index in [4.69, 9.17) is 4.63 Å². The summed E-state index contributed by atoms with van der Waals surface area (Å²) in [6, 6.07) is 22.7. The number of piperidine rings is 1. The number of hydrogen-bond acceptors (Lipinski definition) is 9. The van der Waals surface area contributed by atoms with Crippen LogP contribution in [0.25, 0.3) is 21.9 Å². The van der Waals surface area contributed by atoms with E-state index in [1.165, 1.54) is 0 Å². The van der Waals surface area contributed by atoms with Gasteiger partial charge in [0, 0.05) is 47.6 Å². The molecule has 38 heavy (non-hydrogen) atoms. The maximum absolute atomic E-state index is 11.0. The summed E-state index contributed by atoms with van der Waals surface area (Å²) in [5, 5.41) is 12.4. The average molecular weight is 543 g/mol. The molecule has 1 saturated heterocycles. The minimum Gasteiger partial charge on any atom is -0.370 e. The molecular weight excluding hydrogens is 516 g/mol. The second-order valence-electron chi connectivity index (χ2n) is 9.10. The molecule has 0 aliphatic carbocycles. The van der Waals surface area contributed by atoms with Gasteiger partial charge in [0.2, 0.25) is 6.41 Å². The minimum atomic E-state index is 0.392. The van der Waals surface area contributed by atoms with Crippen LogP contribution >= 0.6 is 23.7 Å². The third-order valence-electron chi connectivity index (χ3n) is 6.85. The fourth-order valence-corrected chi connectivity index (χ4v) is 6.92. The molecule has 1 amide bonds. The first-order chi connectivity index (χ1) is 18.7. The highest BCUT2D eigenvalue weighted by molar-refractivity contribution is 7.99.